The second-order valence-corrected chi connectivity index (χ2v) is 9.09. The van der Waals surface area contributed by atoms with Crippen molar-refractivity contribution in [2.24, 2.45) is 0 Å². The van der Waals surface area contributed by atoms with E-state index in [9.17, 15) is 4.79 Å². The number of Topliss-reactive ketones (excluding diaryl/α,β-unsaturated/α-hetero) is 1. The number of para-hydroxylation sites is 1. The number of pyridine rings is 1. The number of hydroxylamine groups is 1. The fourth-order valence-corrected chi connectivity index (χ4v) is 5.14. The van der Waals surface area contributed by atoms with Gasteiger partial charge in [-0.2, -0.15) is 5.48 Å². The number of thiophene rings is 1. The predicted molar refractivity (Wildman–Crippen MR) is 126 cm³/mol. The molecule has 6 heteroatoms. The molecule has 0 bridgehead atoms. The van der Waals surface area contributed by atoms with Crippen molar-refractivity contribution in [3.63, 3.8) is 0 Å². The van der Waals surface area contributed by atoms with Crippen molar-refractivity contribution in [2.45, 2.75) is 38.5 Å². The van der Waals surface area contributed by atoms with Gasteiger partial charge in [0.25, 0.3) is 0 Å². The van der Waals surface area contributed by atoms with Gasteiger partial charge in [-0.05, 0) is 55.1 Å². The van der Waals surface area contributed by atoms with Gasteiger partial charge >= 0.3 is 0 Å². The number of carbonyl (C=O) groups excluding carboxylic acids is 1. The van der Waals surface area contributed by atoms with Gasteiger partial charge in [0.2, 0.25) is 0 Å². The molecule has 0 saturated carbocycles. The predicted octanol–water partition coefficient (Wildman–Crippen LogP) is 5.31. The first-order valence-corrected chi connectivity index (χ1v) is 11.5. The van der Waals surface area contributed by atoms with Crippen LogP contribution in [0.2, 0.25) is 0 Å². The van der Waals surface area contributed by atoms with Gasteiger partial charge < -0.3 is 4.74 Å². The van der Waals surface area contributed by atoms with Crippen LogP contribution in [0.25, 0.3) is 10.9 Å². The standard InChI is InChI=1S/C26H24N2O3S/c1-17-14-19(22-6-3-4-7-23(22)27-17)16-30-21-11-9-20(10-12-21)26(25-8-5-13-32-25)15-24(18(2)29)28-31-26/h3-14,24,28H,15-16H2,1-2H3. The number of ketones is 1. The van der Waals surface area contributed by atoms with E-state index in [1.807, 2.05) is 60.8 Å². The van der Waals surface area contributed by atoms with Crippen molar-refractivity contribution in [3.05, 3.63) is 93.8 Å². The van der Waals surface area contributed by atoms with Gasteiger partial charge in [-0.25, -0.2) is 0 Å². The second-order valence-electron chi connectivity index (χ2n) is 8.14. The molecule has 2 unspecified atom stereocenters. The van der Waals surface area contributed by atoms with Gasteiger partial charge in [-0.1, -0.05) is 36.4 Å². The minimum atomic E-state index is -0.679. The number of aromatic nitrogens is 1. The summed E-state index contributed by atoms with van der Waals surface area (Å²) in [6.07, 6.45) is 0.561. The number of hydrogen-bond acceptors (Lipinski definition) is 6. The van der Waals surface area contributed by atoms with Crippen LogP contribution in [-0.4, -0.2) is 16.8 Å². The van der Waals surface area contributed by atoms with Crippen LogP contribution in [0.5, 0.6) is 5.75 Å². The molecule has 0 amide bonds. The fourth-order valence-electron chi connectivity index (χ4n) is 4.24. The summed E-state index contributed by atoms with van der Waals surface area (Å²) in [5.74, 6) is 0.853. The monoisotopic (exact) mass is 444 g/mol. The van der Waals surface area contributed by atoms with Crippen molar-refractivity contribution in [3.8, 4) is 5.75 Å². The zero-order valence-electron chi connectivity index (χ0n) is 18.0. The average Bonchev–Trinajstić information content (AvgIpc) is 3.49. The average molecular weight is 445 g/mol. The summed E-state index contributed by atoms with van der Waals surface area (Å²) in [5.41, 5.74) is 6.31. The molecular weight excluding hydrogens is 420 g/mol. The van der Waals surface area contributed by atoms with Gasteiger partial charge in [-0.3, -0.25) is 14.6 Å². The lowest BCUT2D eigenvalue weighted by Gasteiger charge is -2.26. The van der Waals surface area contributed by atoms with Crippen molar-refractivity contribution in [1.82, 2.24) is 10.5 Å². The number of nitrogens with one attached hydrogen (secondary N) is 1. The second kappa shape index (κ2) is 8.47. The molecule has 2 aromatic carbocycles. The highest BCUT2D eigenvalue weighted by molar-refractivity contribution is 7.10. The maximum Gasteiger partial charge on any atom is 0.151 e. The molecule has 1 N–H and O–H groups in total. The van der Waals surface area contributed by atoms with Gasteiger partial charge in [-0.15, -0.1) is 11.3 Å². The summed E-state index contributed by atoms with van der Waals surface area (Å²) in [6.45, 7) is 4.05. The molecule has 5 rings (SSSR count). The number of fused-ring (bicyclic) bond motifs is 1. The molecule has 1 aliphatic heterocycles. The molecule has 0 spiro atoms. The number of ether oxygens (including phenoxy) is 1. The van der Waals surface area contributed by atoms with E-state index in [2.05, 4.69) is 28.7 Å². The van der Waals surface area contributed by atoms with Crippen molar-refractivity contribution in [2.75, 3.05) is 0 Å². The first-order valence-electron chi connectivity index (χ1n) is 10.6. The Hall–Kier alpha value is -3.06. The van der Waals surface area contributed by atoms with E-state index in [-0.39, 0.29) is 11.8 Å². The molecule has 32 heavy (non-hydrogen) atoms. The Morgan fingerprint density at radius 2 is 2.00 bits per heavy atom. The molecule has 5 nitrogen and oxygen atoms in total. The van der Waals surface area contributed by atoms with Crippen LogP contribution in [0.1, 0.15) is 35.0 Å². The number of hydrogen-bond donors (Lipinski definition) is 1. The lowest BCUT2D eigenvalue weighted by atomic mass is 9.86. The van der Waals surface area contributed by atoms with Crippen LogP contribution in [0.3, 0.4) is 0 Å². The highest BCUT2D eigenvalue weighted by atomic mass is 32.1. The van der Waals surface area contributed by atoms with E-state index in [0.29, 0.717) is 13.0 Å². The Kier molecular flexibility index (Phi) is 5.51. The number of carbonyl (C=O) groups is 1. The van der Waals surface area contributed by atoms with E-state index >= 15 is 0 Å². The topological polar surface area (TPSA) is 60.5 Å². The Morgan fingerprint density at radius 1 is 1.19 bits per heavy atom. The van der Waals surface area contributed by atoms with Crippen LogP contribution in [0.4, 0.5) is 0 Å². The SMILES string of the molecule is CC(=O)C1CC(c2ccc(OCc3cc(C)nc4ccccc34)cc2)(c2cccs2)ON1. The molecule has 2 atom stereocenters. The minimum Gasteiger partial charge on any atom is -0.489 e. The van der Waals surface area contributed by atoms with Crippen LogP contribution >= 0.6 is 11.3 Å². The first kappa shape index (κ1) is 20.8. The highest BCUT2D eigenvalue weighted by Crippen LogP contribution is 2.43. The number of aryl methyl sites for hydroxylation is 1. The molecule has 1 saturated heterocycles. The maximum atomic E-state index is 12.0. The van der Waals surface area contributed by atoms with E-state index in [4.69, 9.17) is 9.57 Å². The molecule has 1 aliphatic rings. The summed E-state index contributed by atoms with van der Waals surface area (Å²) in [4.78, 5) is 23.7. The zero-order chi connectivity index (χ0) is 22.1. The molecular formula is C26H24N2O3S. The van der Waals surface area contributed by atoms with E-state index in [1.54, 1.807) is 18.3 Å². The Balaban J connectivity index is 1.39. The fraction of sp³-hybridized carbons (Fsp3) is 0.231. The number of benzene rings is 2. The summed E-state index contributed by atoms with van der Waals surface area (Å²) < 4.78 is 6.12. The van der Waals surface area contributed by atoms with Gasteiger partial charge in [0.15, 0.2) is 5.60 Å². The molecule has 1 fully saturated rings. The lowest BCUT2D eigenvalue weighted by Crippen LogP contribution is -2.27. The molecule has 4 aromatic rings. The van der Waals surface area contributed by atoms with Crippen LogP contribution < -0.4 is 10.2 Å². The third-order valence-electron chi connectivity index (χ3n) is 5.92. The van der Waals surface area contributed by atoms with Gasteiger partial charge in [0.1, 0.15) is 18.1 Å². The Bertz CT molecular complexity index is 1250. The highest BCUT2D eigenvalue weighted by Gasteiger charge is 2.46. The normalized spacial score (nSPS) is 20.5. The molecule has 162 valence electrons. The summed E-state index contributed by atoms with van der Waals surface area (Å²) in [5, 5.41) is 3.13. The molecule has 0 radical (unpaired) electrons. The summed E-state index contributed by atoms with van der Waals surface area (Å²) in [6, 6.07) is 21.9. The van der Waals surface area contributed by atoms with Crippen molar-refractivity contribution in [1.29, 1.82) is 0 Å². The van der Waals surface area contributed by atoms with Crippen LogP contribution in [-0.2, 0) is 21.8 Å². The largest absolute Gasteiger partial charge is 0.489 e. The van der Waals surface area contributed by atoms with Gasteiger partial charge in [0.05, 0.1) is 11.6 Å². The third kappa shape index (κ3) is 3.81. The van der Waals surface area contributed by atoms with Crippen molar-refractivity contribution >= 4 is 28.0 Å². The Labute approximate surface area is 191 Å². The van der Waals surface area contributed by atoms with Gasteiger partial charge in [0, 0.05) is 27.9 Å². The number of rotatable bonds is 6. The van der Waals surface area contributed by atoms with Crippen LogP contribution in [0.15, 0.2) is 72.1 Å². The van der Waals surface area contributed by atoms with Crippen LogP contribution in [0, 0.1) is 6.92 Å². The molecule has 3 heterocycles. The van der Waals surface area contributed by atoms with Crippen molar-refractivity contribution < 1.29 is 14.4 Å². The van der Waals surface area contributed by atoms with E-state index < -0.39 is 5.60 Å². The Morgan fingerprint density at radius 3 is 2.72 bits per heavy atom. The quantitative estimate of drug-likeness (QED) is 0.437. The van der Waals surface area contributed by atoms with E-state index in [1.165, 1.54) is 0 Å². The third-order valence-corrected chi connectivity index (χ3v) is 6.93. The minimum absolute atomic E-state index is 0.0725. The first-order chi connectivity index (χ1) is 15.5. The summed E-state index contributed by atoms with van der Waals surface area (Å²) >= 11 is 1.63. The van der Waals surface area contributed by atoms with E-state index in [0.717, 1.165) is 38.4 Å². The lowest BCUT2D eigenvalue weighted by molar-refractivity contribution is -0.120. The molecule has 0 aliphatic carbocycles. The maximum absolute atomic E-state index is 12.0. The molecule has 2 aromatic heterocycles. The number of nitrogens with zero attached hydrogens (tertiary/aromatic N) is 1. The summed E-state index contributed by atoms with van der Waals surface area (Å²) in [7, 11) is 0. The smallest absolute Gasteiger partial charge is 0.151 e. The zero-order valence-corrected chi connectivity index (χ0v) is 18.8.